The van der Waals surface area contributed by atoms with Crippen molar-refractivity contribution in [1.29, 1.82) is 0 Å². The highest BCUT2D eigenvalue weighted by molar-refractivity contribution is 5.92. The van der Waals surface area contributed by atoms with Crippen LogP contribution in [0.15, 0.2) is 36.5 Å². The monoisotopic (exact) mass is 269 g/mol. The second-order valence-corrected chi connectivity index (χ2v) is 5.52. The van der Waals surface area contributed by atoms with Gasteiger partial charge in [0.2, 0.25) is 0 Å². The Morgan fingerprint density at radius 3 is 2.90 bits per heavy atom. The summed E-state index contributed by atoms with van der Waals surface area (Å²) in [5.74, 6) is 0. The highest BCUT2D eigenvalue weighted by Gasteiger charge is 2.08. The molecule has 3 heteroatoms. The van der Waals surface area contributed by atoms with Crippen LogP contribution in [0, 0.1) is 0 Å². The van der Waals surface area contributed by atoms with Gasteiger partial charge in [0.1, 0.15) is 0 Å². The second-order valence-electron chi connectivity index (χ2n) is 5.52. The largest absolute Gasteiger partial charge is 0.361 e. The van der Waals surface area contributed by atoms with E-state index in [-0.39, 0.29) is 0 Å². The predicted octanol–water partition coefficient (Wildman–Crippen LogP) is 2.87. The first-order chi connectivity index (χ1) is 9.84. The maximum atomic E-state index is 3.40. The van der Waals surface area contributed by atoms with E-state index in [4.69, 9.17) is 0 Å². The molecule has 0 radical (unpaired) electrons. The zero-order valence-electron chi connectivity index (χ0n) is 12.2. The summed E-state index contributed by atoms with van der Waals surface area (Å²) >= 11 is 0. The molecule has 1 fully saturated rings. The molecule has 0 bridgehead atoms. The van der Waals surface area contributed by atoms with Crippen LogP contribution in [0.25, 0.3) is 16.5 Å². The summed E-state index contributed by atoms with van der Waals surface area (Å²) < 4.78 is 0. The van der Waals surface area contributed by atoms with Gasteiger partial charge in [-0.1, -0.05) is 24.3 Å². The van der Waals surface area contributed by atoms with E-state index in [2.05, 4.69) is 58.7 Å². The summed E-state index contributed by atoms with van der Waals surface area (Å²) in [4.78, 5) is 5.89. The van der Waals surface area contributed by atoms with Gasteiger partial charge in [0.05, 0.1) is 0 Å². The number of hydrogen-bond acceptors (Lipinski definition) is 2. The lowest BCUT2D eigenvalue weighted by atomic mass is 10.1. The first kappa shape index (κ1) is 13.4. The smallest absolute Gasteiger partial charge is 0.0460 e. The molecule has 0 unspecified atom stereocenters. The van der Waals surface area contributed by atoms with Crippen molar-refractivity contribution >= 4 is 16.5 Å². The lowest BCUT2D eigenvalue weighted by Gasteiger charge is -2.26. The molecule has 0 atom stereocenters. The number of nitrogens with one attached hydrogen (secondary N) is 2. The minimum atomic E-state index is 1.13. The summed E-state index contributed by atoms with van der Waals surface area (Å²) in [6.07, 6.45) is 5.63. The Hall–Kier alpha value is -1.58. The number of aromatic nitrogens is 1. The van der Waals surface area contributed by atoms with Crippen LogP contribution in [0.5, 0.6) is 0 Å². The van der Waals surface area contributed by atoms with Crippen molar-refractivity contribution in [3.05, 3.63) is 42.1 Å². The third kappa shape index (κ3) is 2.94. The molecule has 0 spiro atoms. The standard InChI is InChI=1S/C17H23N3/c1-14(5-4-10-20-11-8-18-9-12-20)16-13-19-17-7-3-2-6-15(16)17/h2-3,5-7,13,18-19H,4,8-12H2,1H3/b14-5+. The fraction of sp³-hybridized carbons (Fsp3) is 0.412. The molecule has 3 rings (SSSR count). The average Bonchev–Trinajstić information content (AvgIpc) is 2.92. The van der Waals surface area contributed by atoms with Crippen molar-refractivity contribution in [3.63, 3.8) is 0 Å². The number of hydrogen-bond donors (Lipinski definition) is 2. The van der Waals surface area contributed by atoms with Crippen LogP contribution in [0.2, 0.25) is 0 Å². The van der Waals surface area contributed by atoms with Crippen LogP contribution < -0.4 is 5.32 Å². The van der Waals surface area contributed by atoms with Gasteiger partial charge in [0.25, 0.3) is 0 Å². The van der Waals surface area contributed by atoms with Crippen LogP contribution in [0.3, 0.4) is 0 Å². The van der Waals surface area contributed by atoms with E-state index in [9.17, 15) is 0 Å². The number of piperazine rings is 1. The number of para-hydroxylation sites is 1. The van der Waals surface area contributed by atoms with E-state index in [0.29, 0.717) is 0 Å². The molecule has 0 amide bonds. The highest BCUT2D eigenvalue weighted by atomic mass is 15.2. The third-order valence-electron chi connectivity index (χ3n) is 4.12. The lowest BCUT2D eigenvalue weighted by Crippen LogP contribution is -2.43. The van der Waals surface area contributed by atoms with Crippen molar-refractivity contribution in [1.82, 2.24) is 15.2 Å². The number of nitrogens with zero attached hydrogens (tertiary/aromatic N) is 1. The zero-order chi connectivity index (χ0) is 13.8. The van der Waals surface area contributed by atoms with Crippen molar-refractivity contribution < 1.29 is 0 Å². The molecule has 3 nitrogen and oxygen atoms in total. The molecule has 1 saturated heterocycles. The number of fused-ring (bicyclic) bond motifs is 1. The van der Waals surface area contributed by atoms with Gasteiger partial charge >= 0.3 is 0 Å². The maximum absolute atomic E-state index is 3.40. The molecule has 0 saturated carbocycles. The molecular weight excluding hydrogens is 246 g/mol. The minimum Gasteiger partial charge on any atom is -0.361 e. The van der Waals surface area contributed by atoms with E-state index in [1.807, 2.05) is 0 Å². The number of aromatic amines is 1. The Kier molecular flexibility index (Phi) is 4.19. The Labute approximate surface area is 120 Å². The molecule has 1 aromatic carbocycles. The number of H-pyrrole nitrogens is 1. The van der Waals surface area contributed by atoms with Gasteiger partial charge in [-0.25, -0.2) is 0 Å². The SMILES string of the molecule is C/C(=C\CCN1CCNCC1)c1c[nH]c2ccccc12. The van der Waals surface area contributed by atoms with E-state index in [1.165, 1.54) is 41.7 Å². The first-order valence-corrected chi connectivity index (χ1v) is 7.51. The fourth-order valence-electron chi connectivity index (χ4n) is 2.91. The summed E-state index contributed by atoms with van der Waals surface area (Å²) in [6, 6.07) is 8.50. The Bertz CT molecular complexity index is 591. The molecule has 2 N–H and O–H groups in total. The first-order valence-electron chi connectivity index (χ1n) is 7.51. The van der Waals surface area contributed by atoms with E-state index in [1.54, 1.807) is 0 Å². The second kappa shape index (κ2) is 6.25. The van der Waals surface area contributed by atoms with Crippen molar-refractivity contribution in [3.8, 4) is 0 Å². The van der Waals surface area contributed by atoms with Gasteiger partial charge in [-0.05, 0) is 25.0 Å². The Morgan fingerprint density at radius 2 is 2.05 bits per heavy atom. The van der Waals surface area contributed by atoms with Gasteiger partial charge in [-0.2, -0.15) is 0 Å². The molecule has 0 aliphatic carbocycles. The highest BCUT2D eigenvalue weighted by Crippen LogP contribution is 2.24. The zero-order valence-corrected chi connectivity index (χ0v) is 12.2. The van der Waals surface area contributed by atoms with Gasteiger partial charge in [0.15, 0.2) is 0 Å². The molecule has 1 aliphatic rings. The minimum absolute atomic E-state index is 1.13. The van der Waals surface area contributed by atoms with Crippen molar-refractivity contribution in [2.24, 2.45) is 0 Å². The quantitative estimate of drug-likeness (QED) is 0.894. The fourth-order valence-corrected chi connectivity index (χ4v) is 2.91. The Morgan fingerprint density at radius 1 is 1.25 bits per heavy atom. The van der Waals surface area contributed by atoms with Gasteiger partial charge in [0, 0.05) is 55.4 Å². The third-order valence-corrected chi connectivity index (χ3v) is 4.12. The molecule has 2 heterocycles. The molecule has 2 aromatic rings. The summed E-state index contributed by atoms with van der Waals surface area (Å²) in [7, 11) is 0. The number of rotatable bonds is 4. The van der Waals surface area contributed by atoms with Crippen LogP contribution in [0.1, 0.15) is 18.9 Å². The van der Waals surface area contributed by atoms with Crippen molar-refractivity contribution in [2.45, 2.75) is 13.3 Å². The molecule has 20 heavy (non-hydrogen) atoms. The van der Waals surface area contributed by atoms with E-state index in [0.717, 1.165) is 19.5 Å². The summed E-state index contributed by atoms with van der Waals surface area (Å²) in [5.41, 5.74) is 3.93. The van der Waals surface area contributed by atoms with E-state index < -0.39 is 0 Å². The summed E-state index contributed by atoms with van der Waals surface area (Å²) in [6.45, 7) is 8.00. The van der Waals surface area contributed by atoms with Gasteiger partial charge < -0.3 is 15.2 Å². The molecule has 1 aliphatic heterocycles. The molecule has 1 aromatic heterocycles. The van der Waals surface area contributed by atoms with Crippen LogP contribution in [-0.4, -0.2) is 42.6 Å². The van der Waals surface area contributed by atoms with Crippen molar-refractivity contribution in [2.75, 3.05) is 32.7 Å². The normalized spacial score (nSPS) is 17.8. The molecular formula is C17H23N3. The average molecular weight is 269 g/mol. The maximum Gasteiger partial charge on any atom is 0.0460 e. The number of allylic oxidation sites excluding steroid dienone is 1. The van der Waals surface area contributed by atoms with Gasteiger partial charge in [-0.15, -0.1) is 0 Å². The number of benzene rings is 1. The van der Waals surface area contributed by atoms with Crippen LogP contribution in [0.4, 0.5) is 0 Å². The Balaban J connectivity index is 1.65. The van der Waals surface area contributed by atoms with Crippen LogP contribution >= 0.6 is 0 Å². The van der Waals surface area contributed by atoms with Crippen LogP contribution in [-0.2, 0) is 0 Å². The topological polar surface area (TPSA) is 31.1 Å². The van der Waals surface area contributed by atoms with E-state index >= 15 is 0 Å². The predicted molar refractivity (Wildman–Crippen MR) is 85.9 cm³/mol. The summed E-state index contributed by atoms with van der Waals surface area (Å²) in [5, 5.41) is 4.72. The molecule has 106 valence electrons. The lowest BCUT2D eigenvalue weighted by molar-refractivity contribution is 0.245. The van der Waals surface area contributed by atoms with Gasteiger partial charge in [-0.3, -0.25) is 0 Å².